The van der Waals surface area contributed by atoms with Gasteiger partial charge in [-0.25, -0.2) is 0 Å². The molecule has 0 aromatic carbocycles. The van der Waals surface area contributed by atoms with Crippen LogP contribution in [-0.2, 0) is 4.74 Å². The van der Waals surface area contributed by atoms with Crippen molar-refractivity contribution in [3.05, 3.63) is 0 Å². The van der Waals surface area contributed by atoms with Gasteiger partial charge in [0.25, 0.3) is 0 Å². The third kappa shape index (κ3) is 15.9. The van der Waals surface area contributed by atoms with Crippen molar-refractivity contribution in [2.75, 3.05) is 19.9 Å². The van der Waals surface area contributed by atoms with Crippen LogP contribution < -0.4 is 5.32 Å². The maximum atomic E-state index is 5.46. The van der Waals surface area contributed by atoms with Gasteiger partial charge in [0.15, 0.2) is 0 Å². The second-order valence-corrected chi connectivity index (χ2v) is 5.38. The number of nitrogens with one attached hydrogen (secondary N) is 1. The Morgan fingerprint density at radius 2 is 1.47 bits per heavy atom. The minimum Gasteiger partial charge on any atom is -0.366 e. The molecule has 0 atom stereocenters. The lowest BCUT2D eigenvalue weighted by Gasteiger charge is -2.08. The van der Waals surface area contributed by atoms with Gasteiger partial charge >= 0.3 is 0 Å². The van der Waals surface area contributed by atoms with Gasteiger partial charge in [0.2, 0.25) is 0 Å². The predicted octanol–water partition coefficient (Wildman–Crippen LogP) is 4.35. The second-order valence-electron chi connectivity index (χ2n) is 5.38. The molecule has 17 heavy (non-hydrogen) atoms. The van der Waals surface area contributed by atoms with Crippen LogP contribution in [0.1, 0.15) is 72.1 Å². The minimum atomic E-state index is 0.639. The monoisotopic (exact) mass is 243 g/mol. The molecule has 0 unspecified atom stereocenters. The van der Waals surface area contributed by atoms with E-state index in [2.05, 4.69) is 26.1 Å². The van der Waals surface area contributed by atoms with Crippen LogP contribution in [-0.4, -0.2) is 19.9 Å². The fraction of sp³-hybridized carbons (Fsp3) is 1.00. The molecule has 0 bridgehead atoms. The number of unbranched alkanes of at least 4 members (excludes halogenated alkanes) is 7. The van der Waals surface area contributed by atoms with Crippen LogP contribution in [0.4, 0.5) is 0 Å². The highest BCUT2D eigenvalue weighted by Crippen LogP contribution is 2.07. The molecule has 0 aliphatic carbocycles. The summed E-state index contributed by atoms with van der Waals surface area (Å²) in [4.78, 5) is 0. The van der Waals surface area contributed by atoms with Gasteiger partial charge in [-0.05, 0) is 18.9 Å². The summed E-state index contributed by atoms with van der Waals surface area (Å²) < 4.78 is 5.46. The Hall–Kier alpha value is -0.0800. The highest BCUT2D eigenvalue weighted by atomic mass is 16.5. The van der Waals surface area contributed by atoms with Gasteiger partial charge in [-0.3, -0.25) is 5.32 Å². The molecule has 0 fully saturated rings. The Balaban J connectivity index is 2.89. The van der Waals surface area contributed by atoms with Gasteiger partial charge < -0.3 is 4.74 Å². The standard InChI is InChI=1S/C15H33NO/c1-4-5-6-7-8-9-10-11-12-16-14-17-13-15(2)3/h15-16H,4-14H2,1-3H3. The van der Waals surface area contributed by atoms with Gasteiger partial charge in [0.1, 0.15) is 0 Å². The largest absolute Gasteiger partial charge is 0.366 e. The van der Waals surface area contributed by atoms with Crippen LogP contribution in [0.2, 0.25) is 0 Å². The molecular weight excluding hydrogens is 210 g/mol. The Labute approximate surface area is 109 Å². The Morgan fingerprint density at radius 3 is 2.06 bits per heavy atom. The van der Waals surface area contributed by atoms with E-state index in [1.807, 2.05) is 0 Å². The Morgan fingerprint density at radius 1 is 0.882 bits per heavy atom. The van der Waals surface area contributed by atoms with E-state index in [4.69, 9.17) is 4.74 Å². The van der Waals surface area contributed by atoms with Gasteiger partial charge in [0, 0.05) is 0 Å². The summed E-state index contributed by atoms with van der Waals surface area (Å²) >= 11 is 0. The molecule has 0 amide bonds. The van der Waals surface area contributed by atoms with Crippen LogP contribution >= 0.6 is 0 Å². The average Bonchev–Trinajstić information content (AvgIpc) is 2.30. The van der Waals surface area contributed by atoms with E-state index in [0.29, 0.717) is 12.6 Å². The molecule has 0 spiro atoms. The first-order chi connectivity index (χ1) is 8.27. The lowest BCUT2D eigenvalue weighted by molar-refractivity contribution is 0.0943. The molecule has 104 valence electrons. The quantitative estimate of drug-likeness (QED) is 0.383. The number of hydrogen-bond acceptors (Lipinski definition) is 2. The molecule has 0 saturated carbocycles. The van der Waals surface area contributed by atoms with Crippen LogP contribution in [0, 0.1) is 5.92 Å². The van der Waals surface area contributed by atoms with Crippen molar-refractivity contribution in [3.63, 3.8) is 0 Å². The van der Waals surface area contributed by atoms with Crippen molar-refractivity contribution >= 4 is 0 Å². The molecule has 0 aliphatic heterocycles. The zero-order valence-corrected chi connectivity index (χ0v) is 12.3. The van der Waals surface area contributed by atoms with E-state index in [0.717, 1.165) is 13.2 Å². The van der Waals surface area contributed by atoms with E-state index < -0.39 is 0 Å². The summed E-state index contributed by atoms with van der Waals surface area (Å²) in [7, 11) is 0. The predicted molar refractivity (Wildman–Crippen MR) is 76.3 cm³/mol. The Bertz CT molecular complexity index is 137. The minimum absolute atomic E-state index is 0.639. The molecular formula is C15H33NO. The van der Waals surface area contributed by atoms with Crippen LogP contribution in [0.3, 0.4) is 0 Å². The van der Waals surface area contributed by atoms with Crippen LogP contribution in [0.15, 0.2) is 0 Å². The summed E-state index contributed by atoms with van der Waals surface area (Å²) in [6.45, 7) is 9.32. The highest BCUT2D eigenvalue weighted by molar-refractivity contribution is 4.48. The van der Waals surface area contributed by atoms with Gasteiger partial charge in [-0.1, -0.05) is 65.7 Å². The zero-order valence-electron chi connectivity index (χ0n) is 12.3. The lowest BCUT2D eigenvalue weighted by atomic mass is 10.1. The summed E-state index contributed by atoms with van der Waals surface area (Å²) in [5.41, 5.74) is 0. The van der Waals surface area contributed by atoms with Crippen LogP contribution in [0.25, 0.3) is 0 Å². The van der Waals surface area contributed by atoms with Gasteiger partial charge in [-0.15, -0.1) is 0 Å². The first-order valence-corrected chi connectivity index (χ1v) is 7.55. The fourth-order valence-electron chi connectivity index (χ4n) is 1.82. The smallest absolute Gasteiger partial charge is 0.0965 e. The summed E-state index contributed by atoms with van der Waals surface area (Å²) in [6.07, 6.45) is 11.1. The SMILES string of the molecule is CCCCCCCCCCNCOCC(C)C. The first-order valence-electron chi connectivity index (χ1n) is 7.55. The number of rotatable bonds is 13. The van der Waals surface area contributed by atoms with Crippen molar-refractivity contribution in [2.45, 2.75) is 72.1 Å². The van der Waals surface area contributed by atoms with E-state index in [9.17, 15) is 0 Å². The van der Waals surface area contributed by atoms with Gasteiger partial charge in [-0.2, -0.15) is 0 Å². The maximum absolute atomic E-state index is 5.46. The molecule has 0 radical (unpaired) electrons. The third-order valence-corrected chi connectivity index (χ3v) is 2.86. The summed E-state index contributed by atoms with van der Waals surface area (Å²) in [5.74, 6) is 0.639. The molecule has 0 heterocycles. The zero-order chi connectivity index (χ0) is 12.8. The molecule has 0 aromatic heterocycles. The molecule has 2 nitrogen and oxygen atoms in total. The highest BCUT2D eigenvalue weighted by Gasteiger charge is 1.94. The van der Waals surface area contributed by atoms with Crippen molar-refractivity contribution in [2.24, 2.45) is 5.92 Å². The topological polar surface area (TPSA) is 21.3 Å². The van der Waals surface area contributed by atoms with E-state index in [1.165, 1.54) is 51.4 Å². The molecule has 2 heteroatoms. The normalized spacial score (nSPS) is 11.3. The lowest BCUT2D eigenvalue weighted by Crippen LogP contribution is -2.20. The van der Waals surface area contributed by atoms with Crippen molar-refractivity contribution in [3.8, 4) is 0 Å². The van der Waals surface area contributed by atoms with E-state index >= 15 is 0 Å². The molecule has 1 N–H and O–H groups in total. The molecule has 0 rings (SSSR count). The maximum Gasteiger partial charge on any atom is 0.0965 e. The summed E-state index contributed by atoms with van der Waals surface area (Å²) in [6, 6.07) is 0. The van der Waals surface area contributed by atoms with Crippen molar-refractivity contribution < 1.29 is 4.74 Å². The molecule has 0 saturated heterocycles. The van der Waals surface area contributed by atoms with Gasteiger partial charge in [0.05, 0.1) is 13.3 Å². The molecule has 0 aromatic rings. The van der Waals surface area contributed by atoms with Crippen molar-refractivity contribution in [1.82, 2.24) is 5.32 Å². The number of ether oxygens (including phenoxy) is 1. The van der Waals surface area contributed by atoms with Crippen LogP contribution in [0.5, 0.6) is 0 Å². The molecule has 0 aliphatic rings. The summed E-state index contributed by atoms with van der Waals surface area (Å²) in [5, 5.41) is 3.33. The fourth-order valence-corrected chi connectivity index (χ4v) is 1.82. The van der Waals surface area contributed by atoms with E-state index in [1.54, 1.807) is 0 Å². The third-order valence-electron chi connectivity index (χ3n) is 2.86. The first kappa shape index (κ1) is 16.9. The second kappa shape index (κ2) is 14.0. The number of hydrogen-bond donors (Lipinski definition) is 1. The Kier molecular flexibility index (Phi) is 13.9. The van der Waals surface area contributed by atoms with E-state index in [-0.39, 0.29) is 0 Å². The van der Waals surface area contributed by atoms with Crippen molar-refractivity contribution in [1.29, 1.82) is 0 Å². The average molecular weight is 243 g/mol.